The third kappa shape index (κ3) is 5.48. The molecule has 3 aromatic rings. The van der Waals surface area contributed by atoms with Crippen LogP contribution in [0.1, 0.15) is 36.3 Å². The molecule has 6 nitrogen and oxygen atoms in total. The summed E-state index contributed by atoms with van der Waals surface area (Å²) in [7, 11) is 0. The van der Waals surface area contributed by atoms with Gasteiger partial charge < -0.3 is 5.32 Å². The van der Waals surface area contributed by atoms with Crippen molar-refractivity contribution in [3.8, 4) is 5.69 Å². The van der Waals surface area contributed by atoms with Crippen LogP contribution in [0.3, 0.4) is 0 Å². The molecule has 0 saturated heterocycles. The van der Waals surface area contributed by atoms with Gasteiger partial charge in [0.1, 0.15) is 5.82 Å². The van der Waals surface area contributed by atoms with Gasteiger partial charge in [-0.2, -0.15) is 5.10 Å². The highest BCUT2D eigenvalue weighted by atomic mass is 16.1. The summed E-state index contributed by atoms with van der Waals surface area (Å²) in [6.45, 7) is 4.13. The fraction of sp³-hybridized carbons (Fsp3) is 0.333. The average Bonchev–Trinajstić information content (AvgIpc) is 3.07. The van der Waals surface area contributed by atoms with Crippen molar-refractivity contribution < 1.29 is 4.79 Å². The summed E-state index contributed by atoms with van der Waals surface area (Å²) in [6, 6.07) is 14.3. The standard InChI is InChI=1S/C21H25N5O/c1-16-15-19(12-14-22-16)26-21(9-6-13-23-17(2)27)24-20(25-26)11-10-18-7-4-3-5-8-18/h3-5,7-8,12,14-15H,6,9-11,13H2,1-2H3,(H,23,27). The zero-order valence-corrected chi connectivity index (χ0v) is 15.9. The van der Waals surface area contributed by atoms with Crippen molar-refractivity contribution in [2.75, 3.05) is 6.54 Å². The van der Waals surface area contributed by atoms with Crippen LogP contribution in [0.4, 0.5) is 0 Å². The predicted octanol–water partition coefficient (Wildman–Crippen LogP) is 2.82. The molecule has 0 spiro atoms. The maximum absolute atomic E-state index is 11.1. The number of pyridine rings is 1. The Morgan fingerprint density at radius 1 is 1.11 bits per heavy atom. The zero-order valence-electron chi connectivity index (χ0n) is 15.9. The van der Waals surface area contributed by atoms with Crippen LogP contribution in [0.15, 0.2) is 48.7 Å². The minimum absolute atomic E-state index is 0.00947. The number of hydrogen-bond donors (Lipinski definition) is 1. The lowest BCUT2D eigenvalue weighted by molar-refractivity contribution is -0.118. The number of nitrogens with one attached hydrogen (secondary N) is 1. The molecule has 0 radical (unpaired) electrons. The Morgan fingerprint density at radius 2 is 1.93 bits per heavy atom. The lowest BCUT2D eigenvalue weighted by atomic mass is 10.1. The summed E-state index contributed by atoms with van der Waals surface area (Å²) in [5, 5.41) is 7.57. The van der Waals surface area contributed by atoms with Gasteiger partial charge in [0.25, 0.3) is 0 Å². The molecule has 27 heavy (non-hydrogen) atoms. The number of benzene rings is 1. The molecule has 0 aliphatic carbocycles. The van der Waals surface area contributed by atoms with Crippen molar-refractivity contribution in [2.45, 2.75) is 39.5 Å². The van der Waals surface area contributed by atoms with Gasteiger partial charge in [-0.15, -0.1) is 0 Å². The van der Waals surface area contributed by atoms with Gasteiger partial charge in [0.2, 0.25) is 5.91 Å². The van der Waals surface area contributed by atoms with E-state index in [1.54, 1.807) is 6.20 Å². The van der Waals surface area contributed by atoms with Crippen LogP contribution in [-0.2, 0) is 24.1 Å². The second-order valence-electron chi connectivity index (χ2n) is 6.58. The normalized spacial score (nSPS) is 10.7. The molecular weight excluding hydrogens is 338 g/mol. The van der Waals surface area contributed by atoms with Crippen LogP contribution in [0, 0.1) is 6.92 Å². The maximum Gasteiger partial charge on any atom is 0.216 e. The third-order valence-corrected chi connectivity index (χ3v) is 4.27. The van der Waals surface area contributed by atoms with Crippen LogP contribution in [0.2, 0.25) is 0 Å². The van der Waals surface area contributed by atoms with Crippen molar-refractivity contribution in [2.24, 2.45) is 0 Å². The molecule has 1 N–H and O–H groups in total. The molecule has 140 valence electrons. The molecule has 1 amide bonds. The Hall–Kier alpha value is -3.02. The van der Waals surface area contributed by atoms with Gasteiger partial charge in [0.05, 0.1) is 5.69 Å². The molecule has 0 saturated carbocycles. The largest absolute Gasteiger partial charge is 0.356 e. The van der Waals surface area contributed by atoms with E-state index in [1.165, 1.54) is 12.5 Å². The molecule has 0 fully saturated rings. The molecule has 0 bridgehead atoms. The number of hydrogen-bond acceptors (Lipinski definition) is 4. The van der Waals surface area contributed by atoms with E-state index in [0.717, 1.165) is 48.7 Å². The molecule has 0 aliphatic heterocycles. The highest BCUT2D eigenvalue weighted by Crippen LogP contribution is 2.13. The van der Waals surface area contributed by atoms with Crippen molar-refractivity contribution in [1.82, 2.24) is 25.1 Å². The lowest BCUT2D eigenvalue weighted by Gasteiger charge is -2.06. The summed E-state index contributed by atoms with van der Waals surface area (Å²) in [6.07, 6.45) is 5.06. The number of rotatable bonds is 8. The van der Waals surface area contributed by atoms with Crippen LogP contribution < -0.4 is 5.32 Å². The number of nitrogens with zero attached hydrogens (tertiary/aromatic N) is 4. The van der Waals surface area contributed by atoms with E-state index in [4.69, 9.17) is 10.1 Å². The first-order chi connectivity index (χ1) is 13.1. The van der Waals surface area contributed by atoms with Gasteiger partial charge in [-0.05, 0) is 37.5 Å². The van der Waals surface area contributed by atoms with E-state index in [9.17, 15) is 4.79 Å². The summed E-state index contributed by atoms with van der Waals surface area (Å²) in [4.78, 5) is 20.1. The molecule has 2 aromatic heterocycles. The number of carbonyl (C=O) groups is 1. The van der Waals surface area contributed by atoms with Gasteiger partial charge in [-0.1, -0.05) is 30.3 Å². The molecular formula is C21H25N5O. The Balaban J connectivity index is 1.76. The van der Waals surface area contributed by atoms with E-state index in [2.05, 4.69) is 34.6 Å². The van der Waals surface area contributed by atoms with E-state index in [-0.39, 0.29) is 5.91 Å². The molecule has 6 heteroatoms. The van der Waals surface area contributed by atoms with Crippen LogP contribution >= 0.6 is 0 Å². The van der Waals surface area contributed by atoms with Gasteiger partial charge in [0, 0.05) is 38.2 Å². The van der Waals surface area contributed by atoms with Gasteiger partial charge in [-0.25, -0.2) is 9.67 Å². The highest BCUT2D eigenvalue weighted by Gasteiger charge is 2.12. The zero-order chi connectivity index (χ0) is 19.1. The smallest absolute Gasteiger partial charge is 0.216 e. The predicted molar refractivity (Wildman–Crippen MR) is 105 cm³/mol. The SMILES string of the molecule is CC(=O)NCCCc1nc(CCc2ccccc2)nn1-c1ccnc(C)c1. The Bertz CT molecular complexity index is 889. The fourth-order valence-corrected chi connectivity index (χ4v) is 2.94. The second kappa shape index (κ2) is 9.07. The lowest BCUT2D eigenvalue weighted by Crippen LogP contribution is -2.21. The minimum Gasteiger partial charge on any atom is -0.356 e. The first-order valence-corrected chi connectivity index (χ1v) is 9.28. The topological polar surface area (TPSA) is 72.7 Å². The number of aryl methyl sites for hydroxylation is 4. The Labute approximate surface area is 159 Å². The number of amides is 1. The van der Waals surface area contributed by atoms with E-state index in [0.29, 0.717) is 6.54 Å². The monoisotopic (exact) mass is 363 g/mol. The van der Waals surface area contributed by atoms with E-state index >= 15 is 0 Å². The van der Waals surface area contributed by atoms with Gasteiger partial charge in [0.15, 0.2) is 5.82 Å². The van der Waals surface area contributed by atoms with Crippen molar-refractivity contribution >= 4 is 5.91 Å². The van der Waals surface area contributed by atoms with E-state index < -0.39 is 0 Å². The van der Waals surface area contributed by atoms with Crippen LogP contribution in [0.25, 0.3) is 5.69 Å². The maximum atomic E-state index is 11.1. The minimum atomic E-state index is -0.00947. The van der Waals surface area contributed by atoms with Crippen LogP contribution in [-0.4, -0.2) is 32.2 Å². The molecule has 1 aromatic carbocycles. The molecule has 0 unspecified atom stereocenters. The summed E-state index contributed by atoms with van der Waals surface area (Å²) < 4.78 is 1.91. The second-order valence-corrected chi connectivity index (χ2v) is 6.58. The summed E-state index contributed by atoms with van der Waals surface area (Å²) in [5.74, 6) is 1.74. The Kier molecular flexibility index (Phi) is 6.30. The van der Waals surface area contributed by atoms with Gasteiger partial charge >= 0.3 is 0 Å². The molecule has 2 heterocycles. The first-order valence-electron chi connectivity index (χ1n) is 9.28. The third-order valence-electron chi connectivity index (χ3n) is 4.27. The van der Waals surface area contributed by atoms with Crippen molar-refractivity contribution in [3.63, 3.8) is 0 Å². The molecule has 3 rings (SSSR count). The van der Waals surface area contributed by atoms with Gasteiger partial charge in [-0.3, -0.25) is 9.78 Å². The van der Waals surface area contributed by atoms with Crippen molar-refractivity contribution in [3.05, 3.63) is 71.6 Å². The quantitative estimate of drug-likeness (QED) is 0.625. The summed E-state index contributed by atoms with van der Waals surface area (Å²) >= 11 is 0. The Morgan fingerprint density at radius 3 is 2.67 bits per heavy atom. The summed E-state index contributed by atoms with van der Waals surface area (Å²) in [5.41, 5.74) is 3.19. The molecule has 0 aliphatic rings. The molecule has 0 atom stereocenters. The fourth-order valence-electron chi connectivity index (χ4n) is 2.94. The average molecular weight is 363 g/mol. The number of aromatic nitrogens is 4. The first kappa shape index (κ1) is 18.8. The van der Waals surface area contributed by atoms with E-state index in [1.807, 2.05) is 29.8 Å². The highest BCUT2D eigenvalue weighted by molar-refractivity contribution is 5.72. The van der Waals surface area contributed by atoms with Crippen molar-refractivity contribution in [1.29, 1.82) is 0 Å². The number of carbonyl (C=O) groups excluding carboxylic acids is 1. The van der Waals surface area contributed by atoms with Crippen LogP contribution in [0.5, 0.6) is 0 Å².